The standard InChI is InChI=1S/C12H15NO4/c1-15-6-5-13-12(14)9-3-2-4-10-11(9)17-8-7-16-10/h2-4H,5-8H2,1H3,(H,13,14). The van der Waals surface area contributed by atoms with Crippen LogP contribution < -0.4 is 14.8 Å². The zero-order valence-electron chi connectivity index (χ0n) is 9.69. The van der Waals surface area contributed by atoms with Crippen LogP contribution >= 0.6 is 0 Å². The zero-order valence-corrected chi connectivity index (χ0v) is 9.69. The maximum absolute atomic E-state index is 11.9. The third-order valence-corrected chi connectivity index (χ3v) is 2.40. The van der Waals surface area contributed by atoms with E-state index in [0.717, 1.165) is 0 Å². The fraction of sp³-hybridized carbons (Fsp3) is 0.417. The SMILES string of the molecule is COCCNC(=O)c1cccc2c1OCCO2. The fourth-order valence-electron chi connectivity index (χ4n) is 1.61. The van der Waals surface area contributed by atoms with Gasteiger partial charge < -0.3 is 19.5 Å². The molecular weight excluding hydrogens is 222 g/mol. The van der Waals surface area contributed by atoms with Gasteiger partial charge >= 0.3 is 0 Å². The number of hydrogen-bond donors (Lipinski definition) is 1. The molecule has 1 aromatic carbocycles. The van der Waals surface area contributed by atoms with Crippen LogP contribution in [0.2, 0.25) is 0 Å². The van der Waals surface area contributed by atoms with E-state index in [1.54, 1.807) is 25.3 Å². The third kappa shape index (κ3) is 2.68. The monoisotopic (exact) mass is 237 g/mol. The van der Waals surface area contributed by atoms with Crippen molar-refractivity contribution in [1.82, 2.24) is 5.32 Å². The molecule has 17 heavy (non-hydrogen) atoms. The van der Waals surface area contributed by atoms with Crippen LogP contribution in [0.1, 0.15) is 10.4 Å². The van der Waals surface area contributed by atoms with E-state index in [2.05, 4.69) is 5.32 Å². The first-order valence-corrected chi connectivity index (χ1v) is 5.48. The summed E-state index contributed by atoms with van der Waals surface area (Å²) in [6.07, 6.45) is 0. The summed E-state index contributed by atoms with van der Waals surface area (Å²) in [5.74, 6) is 0.966. The van der Waals surface area contributed by atoms with Crippen LogP contribution in [0.4, 0.5) is 0 Å². The van der Waals surface area contributed by atoms with Crippen LogP contribution in [0.25, 0.3) is 0 Å². The molecule has 92 valence electrons. The first-order valence-electron chi connectivity index (χ1n) is 5.48. The first kappa shape index (κ1) is 11.7. The van der Waals surface area contributed by atoms with E-state index in [0.29, 0.717) is 43.4 Å². The number of carbonyl (C=O) groups is 1. The summed E-state index contributed by atoms with van der Waals surface area (Å²) in [7, 11) is 1.59. The summed E-state index contributed by atoms with van der Waals surface area (Å²) in [4.78, 5) is 11.9. The van der Waals surface area contributed by atoms with Crippen LogP contribution in [-0.2, 0) is 4.74 Å². The van der Waals surface area contributed by atoms with E-state index in [-0.39, 0.29) is 5.91 Å². The number of para-hydroxylation sites is 1. The largest absolute Gasteiger partial charge is 0.486 e. The Kier molecular flexibility index (Phi) is 3.82. The Morgan fingerprint density at radius 2 is 2.24 bits per heavy atom. The number of nitrogens with one attached hydrogen (secondary N) is 1. The predicted octanol–water partition coefficient (Wildman–Crippen LogP) is 0.834. The van der Waals surface area contributed by atoms with Crippen LogP contribution in [-0.4, -0.2) is 39.4 Å². The van der Waals surface area contributed by atoms with E-state index in [1.807, 2.05) is 0 Å². The van der Waals surface area contributed by atoms with Gasteiger partial charge in [0, 0.05) is 13.7 Å². The number of rotatable bonds is 4. The predicted molar refractivity (Wildman–Crippen MR) is 61.6 cm³/mol. The lowest BCUT2D eigenvalue weighted by atomic mass is 10.1. The number of hydrogen-bond acceptors (Lipinski definition) is 4. The maximum Gasteiger partial charge on any atom is 0.255 e. The summed E-state index contributed by atoms with van der Waals surface area (Å²) in [6, 6.07) is 5.29. The highest BCUT2D eigenvalue weighted by Gasteiger charge is 2.19. The van der Waals surface area contributed by atoms with Crippen molar-refractivity contribution in [2.75, 3.05) is 33.5 Å². The van der Waals surface area contributed by atoms with Crippen LogP contribution in [0.15, 0.2) is 18.2 Å². The Labute approximate surface area is 99.7 Å². The zero-order chi connectivity index (χ0) is 12.1. The molecule has 0 radical (unpaired) electrons. The Hall–Kier alpha value is -1.75. The lowest BCUT2D eigenvalue weighted by Crippen LogP contribution is -2.28. The van der Waals surface area contributed by atoms with Gasteiger partial charge in [-0.25, -0.2) is 0 Å². The first-order chi connectivity index (χ1) is 8.33. The Balaban J connectivity index is 2.12. The van der Waals surface area contributed by atoms with E-state index < -0.39 is 0 Å². The second kappa shape index (κ2) is 5.54. The maximum atomic E-state index is 11.9. The molecule has 0 aromatic heterocycles. The van der Waals surface area contributed by atoms with E-state index in [4.69, 9.17) is 14.2 Å². The summed E-state index contributed by atoms with van der Waals surface area (Å²) in [6.45, 7) is 1.94. The van der Waals surface area contributed by atoms with Gasteiger partial charge in [0.25, 0.3) is 5.91 Å². The summed E-state index contributed by atoms with van der Waals surface area (Å²) < 4.78 is 15.7. The van der Waals surface area contributed by atoms with Crippen molar-refractivity contribution >= 4 is 5.91 Å². The molecule has 2 rings (SSSR count). The highest BCUT2D eigenvalue weighted by atomic mass is 16.6. The molecule has 1 aromatic rings. The minimum absolute atomic E-state index is 0.176. The highest BCUT2D eigenvalue weighted by molar-refractivity contribution is 5.97. The second-order valence-electron chi connectivity index (χ2n) is 3.58. The molecule has 1 aliphatic rings. The van der Waals surface area contributed by atoms with Crippen LogP contribution in [0.5, 0.6) is 11.5 Å². The van der Waals surface area contributed by atoms with Gasteiger partial charge in [-0.15, -0.1) is 0 Å². The van der Waals surface area contributed by atoms with Gasteiger partial charge in [-0.05, 0) is 12.1 Å². The van der Waals surface area contributed by atoms with Crippen molar-refractivity contribution in [3.05, 3.63) is 23.8 Å². The second-order valence-corrected chi connectivity index (χ2v) is 3.58. The molecule has 0 fully saturated rings. The Bertz CT molecular complexity index is 405. The minimum Gasteiger partial charge on any atom is -0.486 e. The molecule has 1 amide bonds. The molecule has 0 spiro atoms. The van der Waals surface area contributed by atoms with Gasteiger partial charge in [0.1, 0.15) is 13.2 Å². The topological polar surface area (TPSA) is 56.8 Å². The molecule has 0 aliphatic carbocycles. The van der Waals surface area contributed by atoms with Gasteiger partial charge in [0.05, 0.1) is 12.2 Å². The lowest BCUT2D eigenvalue weighted by Gasteiger charge is -2.20. The molecule has 0 saturated carbocycles. The average molecular weight is 237 g/mol. The molecule has 0 atom stereocenters. The number of carbonyl (C=O) groups excluding carboxylic acids is 1. The summed E-state index contributed by atoms with van der Waals surface area (Å²) >= 11 is 0. The van der Waals surface area contributed by atoms with Gasteiger partial charge in [-0.3, -0.25) is 4.79 Å². The molecule has 1 N–H and O–H groups in total. The highest BCUT2D eigenvalue weighted by Crippen LogP contribution is 2.33. The van der Waals surface area contributed by atoms with Crippen molar-refractivity contribution in [2.45, 2.75) is 0 Å². The molecule has 5 heteroatoms. The van der Waals surface area contributed by atoms with Crippen molar-refractivity contribution in [1.29, 1.82) is 0 Å². The van der Waals surface area contributed by atoms with Crippen molar-refractivity contribution in [3.8, 4) is 11.5 Å². The summed E-state index contributed by atoms with van der Waals surface area (Å²) in [5.41, 5.74) is 0.498. The molecule has 0 saturated heterocycles. The fourth-order valence-corrected chi connectivity index (χ4v) is 1.61. The Morgan fingerprint density at radius 1 is 1.41 bits per heavy atom. The van der Waals surface area contributed by atoms with Crippen molar-refractivity contribution < 1.29 is 19.0 Å². The molecule has 0 unspecified atom stereocenters. The smallest absolute Gasteiger partial charge is 0.255 e. The van der Waals surface area contributed by atoms with E-state index in [1.165, 1.54) is 0 Å². The molecule has 1 aliphatic heterocycles. The number of amides is 1. The van der Waals surface area contributed by atoms with E-state index in [9.17, 15) is 4.79 Å². The van der Waals surface area contributed by atoms with E-state index >= 15 is 0 Å². The van der Waals surface area contributed by atoms with Gasteiger partial charge in [-0.1, -0.05) is 6.07 Å². The Morgan fingerprint density at radius 3 is 3.06 bits per heavy atom. The van der Waals surface area contributed by atoms with Crippen LogP contribution in [0.3, 0.4) is 0 Å². The average Bonchev–Trinajstić information content (AvgIpc) is 2.38. The number of ether oxygens (including phenoxy) is 3. The number of methoxy groups -OCH3 is 1. The van der Waals surface area contributed by atoms with Crippen molar-refractivity contribution in [2.24, 2.45) is 0 Å². The van der Waals surface area contributed by atoms with Gasteiger partial charge in [0.2, 0.25) is 0 Å². The molecule has 0 bridgehead atoms. The summed E-state index contributed by atoms with van der Waals surface area (Å²) in [5, 5.41) is 2.75. The van der Waals surface area contributed by atoms with Crippen LogP contribution in [0, 0.1) is 0 Å². The normalized spacial score (nSPS) is 13.2. The number of benzene rings is 1. The molecular formula is C12H15NO4. The quantitative estimate of drug-likeness (QED) is 0.788. The third-order valence-electron chi connectivity index (χ3n) is 2.40. The lowest BCUT2D eigenvalue weighted by molar-refractivity contribution is 0.0926. The van der Waals surface area contributed by atoms with Crippen molar-refractivity contribution in [3.63, 3.8) is 0 Å². The molecule has 5 nitrogen and oxygen atoms in total. The van der Waals surface area contributed by atoms with Gasteiger partial charge in [-0.2, -0.15) is 0 Å². The number of fused-ring (bicyclic) bond motifs is 1. The van der Waals surface area contributed by atoms with Gasteiger partial charge in [0.15, 0.2) is 11.5 Å². The minimum atomic E-state index is -0.176. The molecule has 1 heterocycles.